The number of allylic oxidation sites excluding steroid dienone is 4. The summed E-state index contributed by atoms with van der Waals surface area (Å²) in [5, 5.41) is 6.03. The molecule has 0 N–H and O–H groups in total. The van der Waals surface area contributed by atoms with Crippen molar-refractivity contribution in [1.82, 2.24) is 0 Å². The molecule has 282 valence electrons. The van der Waals surface area contributed by atoms with Crippen molar-refractivity contribution >= 4 is 45.9 Å². The quantitative estimate of drug-likeness (QED) is 0.150. The van der Waals surface area contributed by atoms with Crippen molar-refractivity contribution < 1.29 is 0 Å². The Balaban J connectivity index is 1.12. The molecule has 8 aromatic carbocycles. The van der Waals surface area contributed by atoms with Gasteiger partial charge < -0.3 is 4.90 Å². The molecule has 3 aliphatic heterocycles. The molecule has 0 radical (unpaired) electrons. The van der Waals surface area contributed by atoms with Crippen LogP contribution in [0.5, 0.6) is 0 Å². The summed E-state index contributed by atoms with van der Waals surface area (Å²) in [7, 11) is -2.68. The number of benzene rings is 8. The summed E-state index contributed by atoms with van der Waals surface area (Å²) >= 11 is 0. The van der Waals surface area contributed by atoms with Crippen LogP contribution in [0, 0.1) is 5.92 Å². The van der Waals surface area contributed by atoms with E-state index in [-0.39, 0.29) is 5.41 Å². The summed E-state index contributed by atoms with van der Waals surface area (Å²) < 4.78 is 0. The van der Waals surface area contributed by atoms with E-state index in [1.165, 1.54) is 105 Å². The minimum absolute atomic E-state index is 0.123. The molecular weight excluding hydrogens is 739 g/mol. The maximum Gasteiger partial charge on any atom is 0.182 e. The number of nitrogens with zero attached hydrogens (tertiary/aromatic N) is 1. The molecule has 0 bridgehead atoms. The summed E-state index contributed by atoms with van der Waals surface area (Å²) in [5.41, 5.74) is 19.9. The van der Waals surface area contributed by atoms with Gasteiger partial charge in [-0.2, -0.15) is 0 Å². The first-order chi connectivity index (χ1) is 29.6. The summed E-state index contributed by atoms with van der Waals surface area (Å²) in [6.45, 7) is 5.02. The topological polar surface area (TPSA) is 3.24 Å². The third kappa shape index (κ3) is 3.65. The highest BCUT2D eigenvalue weighted by molar-refractivity contribution is 7.24. The average molecular weight is 780 g/mol. The molecule has 2 atom stereocenters. The van der Waals surface area contributed by atoms with Gasteiger partial charge in [0.1, 0.15) is 0 Å². The molecule has 8 aromatic rings. The molecule has 2 unspecified atom stereocenters. The van der Waals surface area contributed by atoms with Gasteiger partial charge in [-0.15, -0.1) is 0 Å². The number of hydrogen-bond donors (Lipinski definition) is 0. The second-order valence-corrected chi connectivity index (χ2v) is 21.9. The molecule has 60 heavy (non-hydrogen) atoms. The maximum absolute atomic E-state index is 2.71. The fourth-order valence-corrected chi connectivity index (χ4v) is 19.0. The zero-order valence-corrected chi connectivity index (χ0v) is 34.7. The van der Waals surface area contributed by atoms with Crippen molar-refractivity contribution in [2.24, 2.45) is 5.92 Å². The number of fused-ring (bicyclic) bond motifs is 23. The highest BCUT2D eigenvalue weighted by atomic mass is 28.3. The Labute approximate surface area is 352 Å². The Bertz CT molecular complexity index is 3180. The van der Waals surface area contributed by atoms with E-state index in [9.17, 15) is 0 Å². The Morgan fingerprint density at radius 2 is 0.967 bits per heavy atom. The van der Waals surface area contributed by atoms with Crippen LogP contribution in [0.15, 0.2) is 200 Å². The van der Waals surface area contributed by atoms with Crippen LogP contribution in [0.25, 0.3) is 33.4 Å². The Morgan fingerprint density at radius 3 is 1.60 bits per heavy atom. The predicted octanol–water partition coefficient (Wildman–Crippen LogP) is 11.3. The van der Waals surface area contributed by atoms with Gasteiger partial charge in [0.05, 0.1) is 16.8 Å². The molecule has 2 heteroatoms. The fourth-order valence-electron chi connectivity index (χ4n) is 13.4. The minimum Gasteiger partial charge on any atom is -0.310 e. The van der Waals surface area contributed by atoms with E-state index < -0.39 is 13.5 Å². The molecule has 0 fully saturated rings. The number of rotatable bonds is 1. The molecular formula is C58H41NSi. The van der Waals surface area contributed by atoms with Gasteiger partial charge >= 0.3 is 0 Å². The van der Waals surface area contributed by atoms with Gasteiger partial charge in [0.25, 0.3) is 0 Å². The van der Waals surface area contributed by atoms with Crippen LogP contribution in [0.4, 0.5) is 17.1 Å². The van der Waals surface area contributed by atoms with E-state index in [1.54, 1.807) is 0 Å². The van der Waals surface area contributed by atoms with E-state index in [0.717, 1.165) is 0 Å². The van der Waals surface area contributed by atoms with Crippen LogP contribution in [0.3, 0.4) is 0 Å². The van der Waals surface area contributed by atoms with Crippen molar-refractivity contribution in [2.75, 3.05) is 4.90 Å². The summed E-state index contributed by atoms with van der Waals surface area (Å²) in [4.78, 5) is 2.71. The lowest BCUT2D eigenvalue weighted by molar-refractivity contribution is 0.394. The van der Waals surface area contributed by atoms with Crippen molar-refractivity contribution in [2.45, 2.75) is 30.6 Å². The first kappa shape index (κ1) is 33.1. The van der Waals surface area contributed by atoms with Gasteiger partial charge in [0, 0.05) is 11.6 Å². The molecule has 1 nitrogen and oxygen atoms in total. The van der Waals surface area contributed by atoms with E-state index >= 15 is 0 Å². The second kappa shape index (κ2) is 11.3. The van der Waals surface area contributed by atoms with E-state index in [4.69, 9.17) is 0 Å². The van der Waals surface area contributed by atoms with Gasteiger partial charge in [0.2, 0.25) is 0 Å². The zero-order valence-electron chi connectivity index (χ0n) is 33.7. The van der Waals surface area contributed by atoms with E-state index in [2.05, 4.69) is 219 Å². The lowest BCUT2D eigenvalue weighted by Gasteiger charge is -2.47. The molecule has 0 saturated carbocycles. The van der Waals surface area contributed by atoms with Gasteiger partial charge in [-0.05, 0) is 117 Å². The van der Waals surface area contributed by atoms with Crippen LogP contribution in [-0.4, -0.2) is 8.07 Å². The standard InChI is InChI=1S/C58H41NSi/c1-57(2)45-23-9-3-19-39(45)44-33-34-49-56(55(44)57)59(50-27-13-12-26-48(50)58(49)46-24-10-4-17-37(46)38-18-5-11-25-47(38)58)36-31-32-43-42-22-8-16-30-53(42)60(54(43)35-36)51-28-14-6-20-40(51)41-21-7-15-29-52(41)60/h3-35,39,45H,1-2H3. The number of anilines is 3. The van der Waals surface area contributed by atoms with Crippen LogP contribution in [-0.2, 0) is 10.8 Å². The molecule has 3 aliphatic carbocycles. The average Bonchev–Trinajstić information content (AvgIpc) is 3.96. The van der Waals surface area contributed by atoms with Crippen molar-refractivity contribution in [3.8, 4) is 33.4 Å². The molecule has 2 spiro atoms. The first-order valence-electron chi connectivity index (χ1n) is 21.6. The smallest absolute Gasteiger partial charge is 0.182 e. The van der Waals surface area contributed by atoms with Gasteiger partial charge in [-0.3, -0.25) is 0 Å². The fraction of sp³-hybridized carbons (Fsp3) is 0.103. The van der Waals surface area contributed by atoms with E-state index in [0.29, 0.717) is 11.8 Å². The van der Waals surface area contributed by atoms with Crippen molar-refractivity contribution in [3.05, 3.63) is 234 Å². The Hall–Kier alpha value is -6.74. The first-order valence-corrected chi connectivity index (χ1v) is 23.6. The summed E-state index contributed by atoms with van der Waals surface area (Å²) in [6, 6.07) is 68.3. The monoisotopic (exact) mass is 779 g/mol. The lowest BCUT2D eigenvalue weighted by atomic mass is 9.63. The summed E-state index contributed by atoms with van der Waals surface area (Å²) in [5.74, 6) is 0.707. The van der Waals surface area contributed by atoms with Crippen molar-refractivity contribution in [1.29, 1.82) is 0 Å². The summed E-state index contributed by atoms with van der Waals surface area (Å²) in [6.07, 6.45) is 9.48. The van der Waals surface area contributed by atoms with Crippen LogP contribution in [0.1, 0.15) is 53.1 Å². The zero-order chi connectivity index (χ0) is 39.5. The molecule has 14 rings (SSSR count). The SMILES string of the molecule is CC1(C)c2c(ccc3c2N(c2ccc4c(c2)[Si]2(c5ccccc5-c5ccccc52)c2ccccc2-4)c2ccccc2C32c3ccccc3-c3ccccc32)C2C=CC=CC21. The number of hydrogen-bond acceptors (Lipinski definition) is 1. The van der Waals surface area contributed by atoms with Gasteiger partial charge in [-0.1, -0.05) is 196 Å². The molecule has 0 saturated heterocycles. The van der Waals surface area contributed by atoms with Gasteiger partial charge in [-0.25, -0.2) is 0 Å². The third-order valence-electron chi connectivity index (χ3n) is 15.5. The molecule has 3 heterocycles. The molecule has 0 aromatic heterocycles. The normalized spacial score (nSPS) is 19.7. The molecule has 6 aliphatic rings. The predicted molar refractivity (Wildman–Crippen MR) is 251 cm³/mol. The highest BCUT2D eigenvalue weighted by Crippen LogP contribution is 2.67. The minimum atomic E-state index is -2.68. The highest BCUT2D eigenvalue weighted by Gasteiger charge is 2.57. The molecule has 0 amide bonds. The largest absolute Gasteiger partial charge is 0.310 e. The third-order valence-corrected chi connectivity index (χ3v) is 20.5. The Morgan fingerprint density at radius 1 is 0.450 bits per heavy atom. The van der Waals surface area contributed by atoms with E-state index in [1.807, 2.05) is 0 Å². The Kier molecular flexibility index (Phi) is 6.24. The number of para-hydroxylation sites is 1. The van der Waals surface area contributed by atoms with Crippen LogP contribution >= 0.6 is 0 Å². The van der Waals surface area contributed by atoms with Crippen molar-refractivity contribution in [3.63, 3.8) is 0 Å². The van der Waals surface area contributed by atoms with Crippen LogP contribution in [0.2, 0.25) is 0 Å². The maximum atomic E-state index is 2.71. The second-order valence-electron chi connectivity index (χ2n) is 18.3. The van der Waals surface area contributed by atoms with Crippen LogP contribution < -0.4 is 25.6 Å². The lowest BCUT2D eigenvalue weighted by Crippen LogP contribution is -2.70. The van der Waals surface area contributed by atoms with Gasteiger partial charge in [0.15, 0.2) is 8.07 Å².